The van der Waals surface area contributed by atoms with Gasteiger partial charge in [0.2, 0.25) is 11.8 Å². The number of aliphatic hydroxyl groups is 5. The predicted octanol–water partition coefficient (Wildman–Crippen LogP) is -0.948. The number of aromatic nitrogens is 4. The lowest BCUT2D eigenvalue weighted by molar-refractivity contribution is -0.347. The highest BCUT2D eigenvalue weighted by Gasteiger charge is 2.47. The minimum absolute atomic E-state index is 0.0213. The number of hydrogen-bond donors (Lipinski definition) is 8. The molecule has 2 aliphatic heterocycles. The van der Waals surface area contributed by atoms with E-state index in [1.165, 1.54) is 13.8 Å². The molecular formula is C42H70N7O22P3S-4. The number of imidazole rings is 1. The van der Waals surface area contributed by atoms with Gasteiger partial charge in [-0.25, -0.2) is 19.3 Å². The van der Waals surface area contributed by atoms with E-state index in [4.69, 9.17) is 19.9 Å². The maximum atomic E-state index is 12.7. The van der Waals surface area contributed by atoms with E-state index < -0.39 is 109 Å². The fraction of sp³-hybridized carbons (Fsp3) is 0.810. The summed E-state index contributed by atoms with van der Waals surface area (Å²) < 4.78 is 72.0. The quantitative estimate of drug-likeness (QED) is 0.0305. The molecule has 29 nitrogen and oxygen atoms in total. The van der Waals surface area contributed by atoms with Gasteiger partial charge in [0.1, 0.15) is 42.4 Å². The lowest BCUT2D eigenvalue weighted by atomic mass is 9.87. The van der Waals surface area contributed by atoms with Crippen LogP contribution in [0.15, 0.2) is 12.7 Å². The van der Waals surface area contributed by atoms with Crippen molar-refractivity contribution in [3.8, 4) is 0 Å². The van der Waals surface area contributed by atoms with Gasteiger partial charge in [-0.2, -0.15) is 0 Å². The summed E-state index contributed by atoms with van der Waals surface area (Å²) in [6.07, 6.45) is -0.0883. The number of carbonyl (C=O) groups is 3. The highest BCUT2D eigenvalue weighted by atomic mass is 32.2. The number of amides is 2. The second-order valence-corrected chi connectivity index (χ2v) is 24.1. The van der Waals surface area contributed by atoms with E-state index in [1.807, 2.05) is 0 Å². The van der Waals surface area contributed by atoms with Crippen LogP contribution < -0.4 is 35.9 Å². The smallest absolute Gasteiger partial charge is 0.274 e. The van der Waals surface area contributed by atoms with Gasteiger partial charge in [0.05, 0.1) is 45.7 Å². The average molecular weight is 1150 g/mol. The molecule has 0 radical (unpaired) electrons. The molecule has 2 amide bonds. The molecule has 2 unspecified atom stereocenters. The van der Waals surface area contributed by atoms with Crippen molar-refractivity contribution in [3.63, 3.8) is 0 Å². The van der Waals surface area contributed by atoms with E-state index in [-0.39, 0.29) is 66.3 Å². The van der Waals surface area contributed by atoms with Crippen LogP contribution in [0.25, 0.3) is 11.2 Å². The highest BCUT2D eigenvalue weighted by Crippen LogP contribution is 2.56. The van der Waals surface area contributed by atoms with Gasteiger partial charge in [-0.05, 0) is 19.8 Å². The Morgan fingerprint density at radius 3 is 2.20 bits per heavy atom. The number of nitrogen functional groups attached to an aromatic ring is 1. The number of fused-ring (bicyclic) bond motifs is 1. The molecule has 2 aliphatic rings. The fourth-order valence-corrected chi connectivity index (χ4v) is 11.3. The monoisotopic (exact) mass is 1150 g/mol. The Hall–Kier alpha value is -2.64. The number of phosphoric acid groups is 3. The van der Waals surface area contributed by atoms with Crippen LogP contribution >= 0.6 is 35.2 Å². The van der Waals surface area contributed by atoms with Crippen LogP contribution in [0.3, 0.4) is 0 Å². The summed E-state index contributed by atoms with van der Waals surface area (Å²) >= 11 is 0.963. The highest BCUT2D eigenvalue weighted by molar-refractivity contribution is 8.13. The van der Waals surface area contributed by atoms with Gasteiger partial charge in [-0.3, -0.25) is 28.1 Å². The molecule has 75 heavy (non-hydrogen) atoms. The summed E-state index contributed by atoms with van der Waals surface area (Å²) in [5, 5.41) is 56.2. The molecule has 0 aliphatic carbocycles. The molecule has 2 aromatic heterocycles. The summed E-state index contributed by atoms with van der Waals surface area (Å²) in [7, 11) is -17.7. The topological polar surface area (TPSA) is 454 Å². The number of unbranched alkanes of at least 4 members (excludes halogenated alkanes) is 9. The largest absolute Gasteiger partial charge is 0.790 e. The minimum atomic E-state index is -5.94. The van der Waals surface area contributed by atoms with Crippen molar-refractivity contribution in [3.05, 3.63) is 12.7 Å². The predicted molar refractivity (Wildman–Crippen MR) is 257 cm³/mol. The van der Waals surface area contributed by atoms with Crippen LogP contribution in [0.2, 0.25) is 0 Å². The lowest BCUT2D eigenvalue weighted by Gasteiger charge is -2.36. The van der Waals surface area contributed by atoms with Crippen LogP contribution in [-0.4, -0.2) is 156 Å². The first-order chi connectivity index (χ1) is 35.2. The van der Waals surface area contributed by atoms with Crippen molar-refractivity contribution in [1.29, 1.82) is 0 Å². The number of carbonyl (C=O) groups excluding carboxylic acids is 3. The number of hydrogen-bond acceptors (Lipinski definition) is 27. The third kappa shape index (κ3) is 22.6. The molecule has 0 bridgehead atoms. The molecule has 12 atom stereocenters. The number of ether oxygens (including phenoxy) is 3. The first kappa shape index (κ1) is 64.9. The number of nitrogens with zero attached hydrogens (tertiary/aromatic N) is 4. The summed E-state index contributed by atoms with van der Waals surface area (Å²) in [5.74, 6) is -1.39. The second-order valence-electron chi connectivity index (χ2n) is 18.8. The van der Waals surface area contributed by atoms with Crippen molar-refractivity contribution < 1.29 is 105 Å². The fourth-order valence-electron chi connectivity index (χ4n) is 7.81. The maximum absolute atomic E-state index is 12.7. The zero-order valence-electron chi connectivity index (χ0n) is 41.9. The standard InChI is InChI=1S/C42H74N7O22P3S/c1-26-28(51)21-29(52)41(68-26)65-18-13-11-9-7-5-4-6-8-10-12-14-27(50)20-32(54)75-19-17-44-31(53)15-16-45-39(57)36(56)42(2,3)23-67-74(63,64)71-73(61,62)66-22-30-35(70-72(58,59)60)34(55)40(69-30)49-25-48-33-37(43)46-24-47-38(33)49/h24-30,34-36,40-41,50-52,55-56H,4-23H2,1-3H3,(H,44,53)(H,45,57)(H,61,62)(H,63,64)(H2,43,46,47)(H2,58,59,60)/p-4/t26-,27+,28+,29+,30+,34+,35+,36-,40+,41+/m0/s1. The van der Waals surface area contributed by atoms with Gasteiger partial charge in [-0.15, -0.1) is 0 Å². The van der Waals surface area contributed by atoms with Crippen LogP contribution in [-0.2, 0) is 60.2 Å². The van der Waals surface area contributed by atoms with Crippen LogP contribution in [0.4, 0.5) is 5.82 Å². The molecule has 2 fully saturated rings. The number of nitrogens with one attached hydrogen (secondary N) is 2. The van der Waals surface area contributed by atoms with Gasteiger partial charge < -0.3 is 93.8 Å². The van der Waals surface area contributed by atoms with E-state index in [2.05, 4.69) is 43.5 Å². The molecule has 2 aromatic rings. The third-order valence-corrected chi connectivity index (χ3v) is 16.0. The molecule has 2 saturated heterocycles. The van der Waals surface area contributed by atoms with Gasteiger partial charge >= 0.3 is 0 Å². The zero-order chi connectivity index (χ0) is 55.6. The number of phosphoric ester groups is 3. The normalized spacial score (nSPS) is 24.9. The lowest BCUT2D eigenvalue weighted by Crippen LogP contribution is -2.47. The number of nitrogens with two attached hydrogens (primary N) is 1. The second kappa shape index (κ2) is 30.6. The van der Waals surface area contributed by atoms with Crippen molar-refractivity contribution in [2.24, 2.45) is 5.41 Å². The molecule has 4 heterocycles. The Labute approximate surface area is 437 Å². The molecule has 4 rings (SSSR count). The van der Waals surface area contributed by atoms with Gasteiger partial charge in [0.15, 0.2) is 29.1 Å². The van der Waals surface area contributed by atoms with Crippen molar-refractivity contribution in [2.45, 2.75) is 172 Å². The van der Waals surface area contributed by atoms with Gasteiger partial charge in [-0.1, -0.05) is 83.4 Å². The van der Waals surface area contributed by atoms with Crippen LogP contribution in [0, 0.1) is 5.41 Å². The average Bonchev–Trinajstić information content (AvgIpc) is 3.88. The summed E-state index contributed by atoms with van der Waals surface area (Å²) in [6.45, 7) is 2.18. The van der Waals surface area contributed by atoms with Crippen LogP contribution in [0.5, 0.6) is 0 Å². The molecule has 0 saturated carbocycles. The summed E-state index contributed by atoms with van der Waals surface area (Å²) in [5.41, 5.74) is 4.04. The van der Waals surface area contributed by atoms with Gasteiger partial charge in [0, 0.05) is 50.1 Å². The van der Waals surface area contributed by atoms with Crippen molar-refractivity contribution >= 4 is 69.1 Å². The SMILES string of the molecule is C[C@@H]1O[C@@H](OCCCCCCCCCCCC[C@@H](O)CC(=O)SCCNC(=O)CCNC(=O)[C@H](O)C(C)(C)COP(=O)([O-])OP(=O)([O-])OC[C@H]2O[C@@H](n3cnc4c(N)ncnc43)[C@H](O)[C@@H]2OP(=O)([O-])[O-])[C@H](O)C[C@H]1O. The van der Waals surface area contributed by atoms with E-state index in [0.717, 1.165) is 93.2 Å². The van der Waals surface area contributed by atoms with E-state index >= 15 is 0 Å². The Bertz CT molecular complexity index is 2270. The third-order valence-electron chi connectivity index (χ3n) is 12.0. The molecule has 430 valence electrons. The molecule has 9 N–H and O–H groups in total. The van der Waals surface area contributed by atoms with Crippen molar-refractivity contribution in [1.82, 2.24) is 30.2 Å². The van der Waals surface area contributed by atoms with Gasteiger partial charge in [0.25, 0.3) is 15.6 Å². The van der Waals surface area contributed by atoms with E-state index in [1.54, 1.807) is 6.92 Å². The number of rotatable bonds is 35. The first-order valence-corrected chi connectivity index (χ1v) is 29.8. The van der Waals surface area contributed by atoms with E-state index in [0.29, 0.717) is 13.0 Å². The van der Waals surface area contributed by atoms with E-state index in [9.17, 15) is 73.2 Å². The summed E-state index contributed by atoms with van der Waals surface area (Å²) in [6, 6.07) is 0. The first-order valence-electron chi connectivity index (χ1n) is 24.5. The number of aliphatic hydroxyl groups excluding tert-OH is 5. The Kier molecular flexibility index (Phi) is 26.5. The molecular weight excluding hydrogens is 1080 g/mol. The Balaban J connectivity index is 1.02. The number of thioether (sulfide) groups is 1. The van der Waals surface area contributed by atoms with Crippen LogP contribution in [0.1, 0.15) is 117 Å². The molecule has 33 heteroatoms. The maximum Gasteiger partial charge on any atom is 0.274 e. The zero-order valence-corrected chi connectivity index (χ0v) is 45.4. The molecule has 0 spiro atoms. The Morgan fingerprint density at radius 2 is 1.53 bits per heavy atom. The summed E-state index contributed by atoms with van der Waals surface area (Å²) in [4.78, 5) is 97.1. The van der Waals surface area contributed by atoms with Crippen molar-refractivity contribution in [2.75, 3.05) is 44.4 Å². The minimum Gasteiger partial charge on any atom is -0.790 e. The Morgan fingerprint density at radius 1 is 0.893 bits per heavy atom. The number of anilines is 1. The molecule has 0 aromatic carbocycles.